The lowest BCUT2D eigenvalue weighted by atomic mass is 10.2. The van der Waals surface area contributed by atoms with Gasteiger partial charge in [-0.3, -0.25) is 5.10 Å². The maximum absolute atomic E-state index is 4.49. The summed E-state index contributed by atoms with van der Waals surface area (Å²) < 4.78 is 0. The summed E-state index contributed by atoms with van der Waals surface area (Å²) in [4.78, 5) is 4.49. The van der Waals surface area contributed by atoms with Crippen molar-refractivity contribution in [1.29, 1.82) is 0 Å². The van der Waals surface area contributed by atoms with E-state index in [1.165, 1.54) is 11.5 Å². The molecule has 1 fully saturated rings. The van der Waals surface area contributed by atoms with Gasteiger partial charge in [-0.05, 0) is 0 Å². The second kappa shape index (κ2) is 4.99. The average molecular weight is 226 g/mol. The summed E-state index contributed by atoms with van der Waals surface area (Å²) in [5.41, 5.74) is 0. The van der Waals surface area contributed by atoms with Crippen LogP contribution < -0.4 is 5.32 Å². The van der Waals surface area contributed by atoms with Crippen LogP contribution in [0.4, 0.5) is 0 Å². The molecule has 1 aliphatic rings. The predicted molar refractivity (Wildman–Crippen MR) is 63.3 cm³/mol. The Kier molecular flexibility index (Phi) is 3.64. The average Bonchev–Trinajstić information content (AvgIpc) is 2.68. The van der Waals surface area contributed by atoms with Gasteiger partial charge in [0.15, 0.2) is 5.82 Å². The van der Waals surface area contributed by atoms with Crippen LogP contribution in [0.15, 0.2) is 0 Å². The standard InChI is InChI=1S/C10H18N4S/c1-7(2)10-12-9(13-14-10)5-8-6-15-4-3-11-8/h7-8,11H,3-6H2,1-2H3,(H,12,13,14). The molecule has 0 aliphatic carbocycles. The Morgan fingerprint density at radius 2 is 2.40 bits per heavy atom. The van der Waals surface area contributed by atoms with E-state index in [4.69, 9.17) is 0 Å². The van der Waals surface area contributed by atoms with E-state index in [0.717, 1.165) is 24.6 Å². The van der Waals surface area contributed by atoms with Crippen LogP contribution in [0, 0.1) is 0 Å². The highest BCUT2D eigenvalue weighted by molar-refractivity contribution is 7.99. The monoisotopic (exact) mass is 226 g/mol. The Morgan fingerprint density at radius 1 is 1.53 bits per heavy atom. The first-order valence-corrected chi connectivity index (χ1v) is 6.63. The van der Waals surface area contributed by atoms with Crippen molar-refractivity contribution in [2.75, 3.05) is 18.1 Å². The predicted octanol–water partition coefficient (Wildman–Crippen LogP) is 1.18. The Morgan fingerprint density at radius 3 is 3.00 bits per heavy atom. The third-order valence-electron chi connectivity index (χ3n) is 2.50. The maximum Gasteiger partial charge on any atom is 0.153 e. The number of hydrogen-bond donors (Lipinski definition) is 2. The van der Waals surface area contributed by atoms with Crippen LogP contribution in [0.2, 0.25) is 0 Å². The van der Waals surface area contributed by atoms with E-state index in [0.29, 0.717) is 12.0 Å². The van der Waals surface area contributed by atoms with E-state index < -0.39 is 0 Å². The maximum atomic E-state index is 4.49. The summed E-state index contributed by atoms with van der Waals surface area (Å²) in [6, 6.07) is 0.553. The summed E-state index contributed by atoms with van der Waals surface area (Å²) in [6.07, 6.45) is 0.965. The molecule has 2 heterocycles. The number of thioether (sulfide) groups is 1. The molecule has 1 aromatic rings. The first kappa shape index (κ1) is 11.0. The van der Waals surface area contributed by atoms with E-state index in [2.05, 4.69) is 34.3 Å². The van der Waals surface area contributed by atoms with Crippen molar-refractivity contribution >= 4 is 11.8 Å². The molecule has 5 heteroatoms. The molecular formula is C10H18N4S. The highest BCUT2D eigenvalue weighted by atomic mass is 32.2. The van der Waals surface area contributed by atoms with Crippen LogP contribution in [0.1, 0.15) is 31.4 Å². The molecule has 1 aliphatic heterocycles. The van der Waals surface area contributed by atoms with Crippen LogP contribution in [0.3, 0.4) is 0 Å². The third kappa shape index (κ3) is 2.95. The van der Waals surface area contributed by atoms with Gasteiger partial charge < -0.3 is 5.32 Å². The van der Waals surface area contributed by atoms with Gasteiger partial charge in [0, 0.05) is 36.4 Å². The van der Waals surface area contributed by atoms with E-state index in [-0.39, 0.29) is 0 Å². The second-order valence-electron chi connectivity index (χ2n) is 4.23. The van der Waals surface area contributed by atoms with Crippen molar-refractivity contribution in [3.63, 3.8) is 0 Å². The molecule has 0 amide bonds. The normalized spacial score (nSPS) is 22.2. The highest BCUT2D eigenvalue weighted by Crippen LogP contribution is 2.12. The molecule has 2 N–H and O–H groups in total. The van der Waals surface area contributed by atoms with E-state index in [9.17, 15) is 0 Å². The van der Waals surface area contributed by atoms with Gasteiger partial charge in [0.05, 0.1) is 0 Å². The number of aromatic amines is 1. The van der Waals surface area contributed by atoms with Gasteiger partial charge in [0.1, 0.15) is 5.82 Å². The zero-order valence-electron chi connectivity index (χ0n) is 9.29. The number of nitrogens with one attached hydrogen (secondary N) is 2. The summed E-state index contributed by atoms with van der Waals surface area (Å²) in [7, 11) is 0. The zero-order chi connectivity index (χ0) is 10.7. The highest BCUT2D eigenvalue weighted by Gasteiger charge is 2.16. The molecule has 4 nitrogen and oxygen atoms in total. The van der Waals surface area contributed by atoms with Crippen LogP contribution in [-0.2, 0) is 6.42 Å². The molecule has 0 bridgehead atoms. The van der Waals surface area contributed by atoms with Crippen LogP contribution in [0.5, 0.6) is 0 Å². The Bertz CT molecular complexity index is 304. The molecule has 0 aromatic carbocycles. The summed E-state index contributed by atoms with van der Waals surface area (Å²) in [5.74, 6) is 4.75. The lowest BCUT2D eigenvalue weighted by Crippen LogP contribution is -2.39. The van der Waals surface area contributed by atoms with E-state index in [1.807, 2.05) is 11.8 Å². The molecule has 1 saturated heterocycles. The van der Waals surface area contributed by atoms with Gasteiger partial charge in [-0.2, -0.15) is 16.9 Å². The Labute approximate surface area is 94.6 Å². The number of rotatable bonds is 3. The van der Waals surface area contributed by atoms with Gasteiger partial charge in [0.25, 0.3) is 0 Å². The SMILES string of the molecule is CC(C)c1n[nH]c(CC2CSCCN2)n1. The van der Waals surface area contributed by atoms with Gasteiger partial charge in [-0.25, -0.2) is 4.98 Å². The van der Waals surface area contributed by atoms with Crippen LogP contribution >= 0.6 is 11.8 Å². The molecule has 0 spiro atoms. The molecule has 0 saturated carbocycles. The van der Waals surface area contributed by atoms with Crippen molar-refractivity contribution in [1.82, 2.24) is 20.5 Å². The molecule has 84 valence electrons. The topological polar surface area (TPSA) is 53.6 Å². The van der Waals surface area contributed by atoms with Crippen LogP contribution in [0.25, 0.3) is 0 Å². The summed E-state index contributed by atoms with van der Waals surface area (Å²) in [6.45, 7) is 5.34. The van der Waals surface area contributed by atoms with Gasteiger partial charge >= 0.3 is 0 Å². The van der Waals surface area contributed by atoms with Crippen molar-refractivity contribution < 1.29 is 0 Å². The Hall–Kier alpha value is -0.550. The summed E-state index contributed by atoms with van der Waals surface area (Å²) >= 11 is 2.01. The first-order chi connectivity index (χ1) is 7.25. The molecule has 0 radical (unpaired) electrons. The smallest absolute Gasteiger partial charge is 0.153 e. The van der Waals surface area contributed by atoms with Gasteiger partial charge in [-0.1, -0.05) is 13.8 Å². The lowest BCUT2D eigenvalue weighted by Gasteiger charge is -2.21. The molecule has 1 atom stereocenters. The number of nitrogens with zero attached hydrogens (tertiary/aromatic N) is 2. The van der Waals surface area contributed by atoms with Crippen molar-refractivity contribution in [3.8, 4) is 0 Å². The number of aromatic nitrogens is 3. The Balaban J connectivity index is 1.91. The van der Waals surface area contributed by atoms with Gasteiger partial charge in [0.2, 0.25) is 0 Å². The molecule has 1 aromatic heterocycles. The van der Waals surface area contributed by atoms with E-state index >= 15 is 0 Å². The molecule has 1 unspecified atom stereocenters. The fourth-order valence-electron chi connectivity index (χ4n) is 1.64. The number of H-pyrrole nitrogens is 1. The fourth-order valence-corrected chi connectivity index (χ4v) is 2.59. The quantitative estimate of drug-likeness (QED) is 0.812. The minimum Gasteiger partial charge on any atom is -0.312 e. The minimum absolute atomic E-state index is 0.406. The van der Waals surface area contributed by atoms with Crippen molar-refractivity contribution in [3.05, 3.63) is 11.6 Å². The molecule has 15 heavy (non-hydrogen) atoms. The third-order valence-corrected chi connectivity index (χ3v) is 3.63. The molecule has 2 rings (SSSR count). The number of hydrogen-bond acceptors (Lipinski definition) is 4. The van der Waals surface area contributed by atoms with E-state index in [1.54, 1.807) is 0 Å². The zero-order valence-corrected chi connectivity index (χ0v) is 10.1. The van der Waals surface area contributed by atoms with Crippen LogP contribution in [-0.4, -0.2) is 39.3 Å². The first-order valence-electron chi connectivity index (χ1n) is 5.48. The second-order valence-corrected chi connectivity index (χ2v) is 5.37. The van der Waals surface area contributed by atoms with Gasteiger partial charge in [-0.15, -0.1) is 0 Å². The van der Waals surface area contributed by atoms with Crippen molar-refractivity contribution in [2.45, 2.75) is 32.2 Å². The largest absolute Gasteiger partial charge is 0.312 e. The fraction of sp³-hybridized carbons (Fsp3) is 0.800. The minimum atomic E-state index is 0.406. The lowest BCUT2D eigenvalue weighted by molar-refractivity contribution is 0.551. The van der Waals surface area contributed by atoms with Crippen molar-refractivity contribution in [2.24, 2.45) is 0 Å². The molecular weight excluding hydrogens is 208 g/mol. The summed E-state index contributed by atoms with van der Waals surface area (Å²) in [5, 5.41) is 10.7.